The lowest BCUT2D eigenvalue weighted by Crippen LogP contribution is -2.46. The smallest absolute Gasteiger partial charge is 0.253 e. The Kier molecular flexibility index (Phi) is 6.05. The van der Waals surface area contributed by atoms with Crippen molar-refractivity contribution in [2.75, 3.05) is 26.7 Å². The maximum Gasteiger partial charge on any atom is 0.253 e. The van der Waals surface area contributed by atoms with E-state index in [9.17, 15) is 4.79 Å². The molecule has 1 atom stereocenters. The molecular weight excluding hydrogens is 264 g/mol. The van der Waals surface area contributed by atoms with Crippen molar-refractivity contribution in [1.82, 2.24) is 10.2 Å². The lowest BCUT2D eigenvalue weighted by Gasteiger charge is -2.31. The van der Waals surface area contributed by atoms with Gasteiger partial charge in [-0.1, -0.05) is 13.3 Å². The van der Waals surface area contributed by atoms with Crippen LogP contribution in [0.3, 0.4) is 0 Å². The first-order valence-corrected chi connectivity index (χ1v) is 7.93. The number of benzene rings is 1. The largest absolute Gasteiger partial charge is 0.494 e. The minimum absolute atomic E-state index is 0.0869. The summed E-state index contributed by atoms with van der Waals surface area (Å²) in [6.07, 6.45) is 4.38. The summed E-state index contributed by atoms with van der Waals surface area (Å²) < 4.78 is 5.62. The number of likely N-dealkylation sites (N-methyl/N-ethyl adjacent to an activating group) is 1. The van der Waals surface area contributed by atoms with Crippen LogP contribution in [-0.4, -0.2) is 43.6 Å². The lowest BCUT2D eigenvalue weighted by molar-refractivity contribution is 0.0708. The first-order valence-electron chi connectivity index (χ1n) is 7.93. The van der Waals surface area contributed by atoms with Crippen LogP contribution < -0.4 is 10.1 Å². The van der Waals surface area contributed by atoms with Crippen molar-refractivity contribution < 1.29 is 9.53 Å². The van der Waals surface area contributed by atoms with Gasteiger partial charge >= 0.3 is 0 Å². The third kappa shape index (κ3) is 4.46. The summed E-state index contributed by atoms with van der Waals surface area (Å²) in [5, 5.41) is 3.35. The van der Waals surface area contributed by atoms with Crippen molar-refractivity contribution in [1.29, 1.82) is 0 Å². The van der Waals surface area contributed by atoms with Crippen LogP contribution in [0.4, 0.5) is 0 Å². The number of rotatable bonds is 6. The number of unbranched alkanes of at least 4 members (excludes halogenated alkanes) is 1. The molecule has 1 aromatic rings. The number of nitrogens with zero attached hydrogens (tertiary/aromatic N) is 1. The number of nitrogens with one attached hydrogen (secondary N) is 1. The molecule has 1 unspecified atom stereocenters. The Hall–Kier alpha value is -1.55. The van der Waals surface area contributed by atoms with Crippen LogP contribution in [0.5, 0.6) is 5.75 Å². The molecular formula is C17H26N2O2. The quantitative estimate of drug-likeness (QED) is 0.819. The average Bonchev–Trinajstić information content (AvgIpc) is 2.55. The second kappa shape index (κ2) is 8.03. The molecule has 1 saturated heterocycles. The van der Waals surface area contributed by atoms with E-state index < -0.39 is 0 Å². The van der Waals surface area contributed by atoms with Gasteiger partial charge in [-0.2, -0.15) is 0 Å². The normalized spacial score (nSPS) is 18.3. The molecule has 1 N–H and O–H groups in total. The molecule has 116 valence electrons. The number of amides is 1. The van der Waals surface area contributed by atoms with Crippen molar-refractivity contribution in [3.8, 4) is 5.75 Å². The van der Waals surface area contributed by atoms with Gasteiger partial charge < -0.3 is 15.0 Å². The Labute approximate surface area is 127 Å². The summed E-state index contributed by atoms with van der Waals surface area (Å²) in [5.74, 6) is 0.922. The van der Waals surface area contributed by atoms with Crippen LogP contribution in [0.1, 0.15) is 43.0 Å². The first-order chi connectivity index (χ1) is 10.2. The fraction of sp³-hybridized carbons (Fsp3) is 0.588. The van der Waals surface area contributed by atoms with Crippen molar-refractivity contribution in [2.24, 2.45) is 0 Å². The van der Waals surface area contributed by atoms with Gasteiger partial charge in [0.2, 0.25) is 0 Å². The molecule has 0 bridgehead atoms. The van der Waals surface area contributed by atoms with E-state index in [2.05, 4.69) is 12.2 Å². The van der Waals surface area contributed by atoms with E-state index in [0.717, 1.165) is 56.7 Å². The Morgan fingerprint density at radius 3 is 2.76 bits per heavy atom. The molecule has 1 aliphatic rings. The number of hydrogen-bond donors (Lipinski definition) is 1. The molecule has 0 radical (unpaired) electrons. The third-order valence-corrected chi connectivity index (χ3v) is 4.01. The average molecular weight is 290 g/mol. The predicted molar refractivity (Wildman–Crippen MR) is 84.8 cm³/mol. The van der Waals surface area contributed by atoms with Gasteiger partial charge in [0.05, 0.1) is 6.61 Å². The van der Waals surface area contributed by atoms with Crippen LogP contribution in [0.2, 0.25) is 0 Å². The predicted octanol–water partition coefficient (Wildman–Crippen LogP) is 2.69. The highest BCUT2D eigenvalue weighted by molar-refractivity contribution is 5.94. The number of hydrogen-bond acceptors (Lipinski definition) is 3. The van der Waals surface area contributed by atoms with Crippen LogP contribution in [-0.2, 0) is 0 Å². The molecule has 4 nitrogen and oxygen atoms in total. The molecule has 2 rings (SSSR count). The van der Waals surface area contributed by atoms with Gasteiger partial charge in [-0.3, -0.25) is 4.79 Å². The van der Waals surface area contributed by atoms with Gasteiger partial charge in [-0.15, -0.1) is 0 Å². The molecule has 1 heterocycles. The second-order valence-electron chi connectivity index (χ2n) is 5.64. The summed E-state index contributed by atoms with van der Waals surface area (Å²) in [6, 6.07) is 7.78. The maximum atomic E-state index is 12.5. The van der Waals surface area contributed by atoms with Crippen LogP contribution in [0.25, 0.3) is 0 Å². The molecule has 1 fully saturated rings. The zero-order valence-electron chi connectivity index (χ0n) is 13.1. The van der Waals surface area contributed by atoms with Gasteiger partial charge in [0.25, 0.3) is 5.91 Å². The molecule has 1 amide bonds. The summed E-state index contributed by atoms with van der Waals surface area (Å²) in [5.41, 5.74) is 0.728. The third-order valence-electron chi connectivity index (χ3n) is 4.01. The molecule has 4 heteroatoms. The summed E-state index contributed by atoms with van der Waals surface area (Å²) in [7, 11) is 1.89. The Bertz CT molecular complexity index is 439. The molecule has 21 heavy (non-hydrogen) atoms. The van der Waals surface area contributed by atoms with E-state index in [1.54, 1.807) is 0 Å². The van der Waals surface area contributed by atoms with Gasteiger partial charge in [0, 0.05) is 25.2 Å². The topological polar surface area (TPSA) is 41.6 Å². The Balaban J connectivity index is 1.92. The lowest BCUT2D eigenvalue weighted by atomic mass is 10.1. The van der Waals surface area contributed by atoms with Crippen molar-refractivity contribution >= 4 is 5.91 Å². The zero-order valence-corrected chi connectivity index (χ0v) is 13.1. The molecule has 1 aromatic carbocycles. The number of carbonyl (C=O) groups is 1. The van der Waals surface area contributed by atoms with Gasteiger partial charge in [0.15, 0.2) is 0 Å². The fourth-order valence-corrected chi connectivity index (χ4v) is 2.56. The van der Waals surface area contributed by atoms with Gasteiger partial charge in [0.1, 0.15) is 5.75 Å². The highest BCUT2D eigenvalue weighted by Gasteiger charge is 2.22. The van der Waals surface area contributed by atoms with Crippen molar-refractivity contribution in [3.63, 3.8) is 0 Å². The molecule has 0 saturated carbocycles. The van der Waals surface area contributed by atoms with Crippen LogP contribution in [0, 0.1) is 0 Å². The number of ether oxygens (including phenoxy) is 1. The van der Waals surface area contributed by atoms with Crippen molar-refractivity contribution in [2.45, 2.75) is 38.6 Å². The van der Waals surface area contributed by atoms with E-state index in [4.69, 9.17) is 4.74 Å². The van der Waals surface area contributed by atoms with Crippen molar-refractivity contribution in [3.05, 3.63) is 29.8 Å². The van der Waals surface area contributed by atoms with Gasteiger partial charge in [-0.05, 0) is 50.1 Å². The highest BCUT2D eigenvalue weighted by Crippen LogP contribution is 2.16. The maximum absolute atomic E-state index is 12.5. The van der Waals surface area contributed by atoms with E-state index >= 15 is 0 Å². The van der Waals surface area contributed by atoms with Crippen LogP contribution in [0.15, 0.2) is 24.3 Å². The molecule has 0 aromatic heterocycles. The van der Waals surface area contributed by atoms with E-state index in [-0.39, 0.29) is 5.91 Å². The zero-order chi connectivity index (χ0) is 15.1. The van der Waals surface area contributed by atoms with Gasteiger partial charge in [-0.25, -0.2) is 0 Å². The highest BCUT2D eigenvalue weighted by atomic mass is 16.5. The number of carbonyl (C=O) groups excluding carboxylic acids is 1. The SMILES string of the molecule is CCCCOc1ccc(C(=O)N(C)C2CCCNC2)cc1. The summed E-state index contributed by atoms with van der Waals surface area (Å²) in [6.45, 7) is 4.82. The summed E-state index contributed by atoms with van der Waals surface area (Å²) in [4.78, 5) is 14.3. The Morgan fingerprint density at radius 2 is 2.14 bits per heavy atom. The molecule has 0 spiro atoms. The van der Waals surface area contributed by atoms with E-state index in [1.807, 2.05) is 36.2 Å². The van der Waals surface area contributed by atoms with E-state index in [0.29, 0.717) is 6.04 Å². The minimum Gasteiger partial charge on any atom is -0.494 e. The first kappa shape index (κ1) is 15.8. The fourth-order valence-electron chi connectivity index (χ4n) is 2.56. The van der Waals surface area contributed by atoms with E-state index in [1.165, 1.54) is 0 Å². The number of piperidine rings is 1. The Morgan fingerprint density at radius 1 is 1.38 bits per heavy atom. The monoisotopic (exact) mass is 290 g/mol. The molecule has 0 aliphatic carbocycles. The molecule has 1 aliphatic heterocycles. The minimum atomic E-state index is 0.0869. The summed E-state index contributed by atoms with van der Waals surface area (Å²) >= 11 is 0. The van der Waals surface area contributed by atoms with Crippen LogP contribution >= 0.6 is 0 Å². The second-order valence-corrected chi connectivity index (χ2v) is 5.64. The standard InChI is InChI=1S/C17H26N2O2/c1-3-4-12-21-16-9-7-14(8-10-16)17(20)19(2)15-6-5-11-18-13-15/h7-10,15,18H,3-6,11-13H2,1-2H3.